The Morgan fingerprint density at radius 2 is 1.84 bits per heavy atom. The van der Waals surface area contributed by atoms with Crippen LogP contribution in [0.3, 0.4) is 0 Å². The number of fused-ring (bicyclic) bond motifs is 1. The Bertz CT molecular complexity index is 586. The molecule has 0 N–H and O–H groups in total. The van der Waals surface area contributed by atoms with Gasteiger partial charge in [0.05, 0.1) is 5.38 Å². The lowest BCUT2D eigenvalue weighted by Crippen LogP contribution is -1.99. The molecule has 3 rings (SSSR count). The van der Waals surface area contributed by atoms with Crippen molar-refractivity contribution < 1.29 is 0 Å². The molecule has 0 aliphatic heterocycles. The highest BCUT2D eigenvalue weighted by Crippen LogP contribution is 2.30. The molecule has 1 aliphatic rings. The van der Waals surface area contributed by atoms with E-state index in [4.69, 9.17) is 11.6 Å². The van der Waals surface area contributed by atoms with E-state index in [-0.39, 0.29) is 5.38 Å². The lowest BCUT2D eigenvalue weighted by Gasteiger charge is -2.13. The van der Waals surface area contributed by atoms with Crippen LogP contribution in [0.15, 0.2) is 42.5 Å². The fourth-order valence-corrected chi connectivity index (χ4v) is 3.24. The van der Waals surface area contributed by atoms with Crippen molar-refractivity contribution in [3.8, 4) is 0 Å². The molecule has 1 aliphatic carbocycles. The number of halogens is 1. The Labute approximate surface area is 120 Å². The van der Waals surface area contributed by atoms with Gasteiger partial charge in [0.25, 0.3) is 0 Å². The number of aryl methyl sites for hydroxylation is 3. The van der Waals surface area contributed by atoms with Crippen LogP contribution in [0.5, 0.6) is 0 Å². The van der Waals surface area contributed by atoms with Crippen LogP contribution in [-0.2, 0) is 19.3 Å². The molecule has 0 bridgehead atoms. The molecular weight excluding hydrogens is 252 g/mol. The van der Waals surface area contributed by atoms with Gasteiger partial charge in [-0.05, 0) is 60.4 Å². The van der Waals surface area contributed by atoms with E-state index in [9.17, 15) is 0 Å². The van der Waals surface area contributed by atoms with Gasteiger partial charge in [0.2, 0.25) is 0 Å². The monoisotopic (exact) mass is 270 g/mol. The fraction of sp³-hybridized carbons (Fsp3) is 0.333. The summed E-state index contributed by atoms with van der Waals surface area (Å²) in [7, 11) is 0. The first-order chi connectivity index (χ1) is 9.24. The van der Waals surface area contributed by atoms with Crippen LogP contribution in [0.25, 0.3) is 0 Å². The summed E-state index contributed by atoms with van der Waals surface area (Å²) in [4.78, 5) is 0. The zero-order valence-electron chi connectivity index (χ0n) is 11.3. The second-order valence-electron chi connectivity index (χ2n) is 5.48. The van der Waals surface area contributed by atoms with Gasteiger partial charge in [-0.25, -0.2) is 0 Å². The van der Waals surface area contributed by atoms with Crippen molar-refractivity contribution in [1.82, 2.24) is 0 Å². The van der Waals surface area contributed by atoms with E-state index < -0.39 is 0 Å². The molecule has 0 saturated heterocycles. The maximum atomic E-state index is 6.61. The van der Waals surface area contributed by atoms with E-state index in [0.29, 0.717) is 0 Å². The summed E-state index contributed by atoms with van der Waals surface area (Å²) in [5.41, 5.74) is 6.97. The maximum Gasteiger partial charge on any atom is 0.0625 e. The number of rotatable bonds is 3. The molecule has 1 heteroatoms. The van der Waals surface area contributed by atoms with Crippen LogP contribution in [0, 0.1) is 6.92 Å². The second-order valence-corrected chi connectivity index (χ2v) is 6.01. The van der Waals surface area contributed by atoms with Crippen molar-refractivity contribution >= 4 is 11.6 Å². The van der Waals surface area contributed by atoms with Gasteiger partial charge in [-0.3, -0.25) is 0 Å². The maximum absolute atomic E-state index is 6.61. The summed E-state index contributed by atoms with van der Waals surface area (Å²) in [6, 6.07) is 15.3. The molecule has 98 valence electrons. The first-order valence-corrected chi connectivity index (χ1v) is 7.48. The molecule has 0 saturated carbocycles. The third kappa shape index (κ3) is 2.69. The summed E-state index contributed by atoms with van der Waals surface area (Å²) in [6.45, 7) is 2.15. The van der Waals surface area contributed by atoms with Crippen molar-refractivity contribution in [2.24, 2.45) is 0 Å². The first-order valence-electron chi connectivity index (χ1n) is 7.04. The van der Waals surface area contributed by atoms with Crippen LogP contribution in [0.1, 0.15) is 39.6 Å². The summed E-state index contributed by atoms with van der Waals surface area (Å²) in [5, 5.41) is 0.0759. The number of hydrogen-bond acceptors (Lipinski definition) is 0. The molecule has 0 spiro atoms. The predicted molar refractivity (Wildman–Crippen MR) is 81.9 cm³/mol. The zero-order valence-corrected chi connectivity index (χ0v) is 12.1. The van der Waals surface area contributed by atoms with Gasteiger partial charge in [0.15, 0.2) is 0 Å². The van der Waals surface area contributed by atoms with E-state index >= 15 is 0 Å². The summed E-state index contributed by atoms with van der Waals surface area (Å²) in [5.74, 6) is 0. The standard InChI is InChI=1S/C18H19Cl/c1-13-5-2-3-6-15(13)12-18(19)17-10-9-14-7-4-8-16(14)11-17/h2-3,5-6,9-11,18H,4,7-8,12H2,1H3. The number of alkyl halides is 1. The molecule has 2 aromatic rings. The van der Waals surface area contributed by atoms with Gasteiger partial charge in [-0.15, -0.1) is 11.6 Å². The molecule has 1 unspecified atom stereocenters. The minimum Gasteiger partial charge on any atom is -0.117 e. The van der Waals surface area contributed by atoms with Crippen LogP contribution in [0.2, 0.25) is 0 Å². The van der Waals surface area contributed by atoms with Crippen LogP contribution >= 0.6 is 11.6 Å². The number of hydrogen-bond donors (Lipinski definition) is 0. The minimum atomic E-state index is 0.0759. The second kappa shape index (κ2) is 5.38. The molecule has 0 nitrogen and oxygen atoms in total. The lowest BCUT2D eigenvalue weighted by atomic mass is 9.98. The minimum absolute atomic E-state index is 0.0759. The number of benzene rings is 2. The van der Waals surface area contributed by atoms with E-state index in [2.05, 4.69) is 49.4 Å². The molecule has 19 heavy (non-hydrogen) atoms. The van der Waals surface area contributed by atoms with Crippen LogP contribution < -0.4 is 0 Å². The highest BCUT2D eigenvalue weighted by Gasteiger charge is 2.15. The quantitative estimate of drug-likeness (QED) is 0.688. The molecule has 0 heterocycles. The van der Waals surface area contributed by atoms with Gasteiger partial charge in [-0.2, -0.15) is 0 Å². The van der Waals surface area contributed by atoms with Crippen molar-refractivity contribution in [3.05, 3.63) is 70.3 Å². The smallest absolute Gasteiger partial charge is 0.0625 e. The average molecular weight is 271 g/mol. The highest BCUT2D eigenvalue weighted by molar-refractivity contribution is 6.20. The van der Waals surface area contributed by atoms with Crippen molar-refractivity contribution in [2.45, 2.75) is 38.0 Å². The van der Waals surface area contributed by atoms with E-state index in [0.717, 1.165) is 6.42 Å². The fourth-order valence-electron chi connectivity index (χ4n) is 2.94. The third-order valence-electron chi connectivity index (χ3n) is 4.14. The van der Waals surface area contributed by atoms with Crippen LogP contribution in [-0.4, -0.2) is 0 Å². The van der Waals surface area contributed by atoms with Crippen molar-refractivity contribution in [2.75, 3.05) is 0 Å². The van der Waals surface area contributed by atoms with E-state index in [1.807, 2.05) is 0 Å². The van der Waals surface area contributed by atoms with Gasteiger partial charge in [-0.1, -0.05) is 42.5 Å². The molecule has 0 fully saturated rings. The van der Waals surface area contributed by atoms with Gasteiger partial charge >= 0.3 is 0 Å². The Hall–Kier alpha value is -1.27. The zero-order chi connectivity index (χ0) is 13.2. The van der Waals surface area contributed by atoms with Gasteiger partial charge < -0.3 is 0 Å². The average Bonchev–Trinajstić information content (AvgIpc) is 2.88. The van der Waals surface area contributed by atoms with Crippen LogP contribution in [0.4, 0.5) is 0 Å². The highest BCUT2D eigenvalue weighted by atomic mass is 35.5. The van der Waals surface area contributed by atoms with Crippen molar-refractivity contribution in [3.63, 3.8) is 0 Å². The molecule has 2 aromatic carbocycles. The molecule has 0 aromatic heterocycles. The summed E-state index contributed by atoms with van der Waals surface area (Å²) < 4.78 is 0. The third-order valence-corrected chi connectivity index (χ3v) is 4.55. The molecule has 0 radical (unpaired) electrons. The summed E-state index contributed by atoms with van der Waals surface area (Å²) in [6.07, 6.45) is 4.66. The molecule has 0 amide bonds. The van der Waals surface area contributed by atoms with E-state index in [1.165, 1.54) is 47.1 Å². The Morgan fingerprint density at radius 1 is 1.05 bits per heavy atom. The summed E-state index contributed by atoms with van der Waals surface area (Å²) >= 11 is 6.61. The topological polar surface area (TPSA) is 0 Å². The Morgan fingerprint density at radius 3 is 2.68 bits per heavy atom. The SMILES string of the molecule is Cc1ccccc1CC(Cl)c1ccc2c(c1)CCC2. The van der Waals surface area contributed by atoms with Crippen molar-refractivity contribution in [1.29, 1.82) is 0 Å². The van der Waals surface area contributed by atoms with E-state index in [1.54, 1.807) is 0 Å². The molecule has 1 atom stereocenters. The first kappa shape index (κ1) is 12.7. The van der Waals surface area contributed by atoms with Gasteiger partial charge in [0.1, 0.15) is 0 Å². The normalized spacial score (nSPS) is 15.3. The Balaban J connectivity index is 1.81. The Kier molecular flexibility index (Phi) is 3.61. The predicted octanol–water partition coefficient (Wildman–Crippen LogP) is 5.01. The lowest BCUT2D eigenvalue weighted by molar-refractivity contribution is 0.901. The largest absolute Gasteiger partial charge is 0.117 e. The van der Waals surface area contributed by atoms with Gasteiger partial charge in [0, 0.05) is 0 Å². The molecular formula is C18H19Cl.